The number of hydrogen-bond acceptors (Lipinski definition) is 5. The zero-order chi connectivity index (χ0) is 17.3. The summed E-state index contributed by atoms with van der Waals surface area (Å²) in [7, 11) is 3.47. The predicted octanol–water partition coefficient (Wildman–Crippen LogP) is 1.29. The summed E-state index contributed by atoms with van der Waals surface area (Å²) in [5, 5.41) is 0.710. The van der Waals surface area contributed by atoms with E-state index in [4.69, 9.17) is 5.73 Å². The molecule has 2 heterocycles. The molecule has 0 spiro atoms. The van der Waals surface area contributed by atoms with E-state index in [0.717, 1.165) is 19.4 Å². The normalized spacial score (nSPS) is 18.5. The number of benzene rings is 1. The van der Waals surface area contributed by atoms with E-state index in [1.165, 1.54) is 11.2 Å². The number of fused-ring (bicyclic) bond motifs is 1. The lowest BCUT2D eigenvalue weighted by Gasteiger charge is -2.28. The Balaban J connectivity index is 1.89. The van der Waals surface area contributed by atoms with Gasteiger partial charge in [-0.05, 0) is 37.5 Å². The highest BCUT2D eigenvalue weighted by Gasteiger charge is 2.31. The summed E-state index contributed by atoms with van der Waals surface area (Å²) in [4.78, 5) is 36.6. The summed E-state index contributed by atoms with van der Waals surface area (Å²) in [5.41, 5.74) is 6.92. The van der Waals surface area contributed by atoms with Gasteiger partial charge in [-0.2, -0.15) is 0 Å². The first-order chi connectivity index (χ1) is 11.5. The van der Waals surface area contributed by atoms with E-state index in [1.54, 1.807) is 37.2 Å². The van der Waals surface area contributed by atoms with E-state index in [9.17, 15) is 9.59 Å². The minimum atomic E-state index is -0.420. The van der Waals surface area contributed by atoms with Crippen molar-refractivity contribution >= 4 is 28.5 Å². The Hall–Kier alpha value is -2.70. The van der Waals surface area contributed by atoms with E-state index in [-0.39, 0.29) is 11.8 Å². The van der Waals surface area contributed by atoms with Crippen LogP contribution in [-0.2, 0) is 4.79 Å². The van der Waals surface area contributed by atoms with Gasteiger partial charge in [0, 0.05) is 31.6 Å². The maximum absolute atomic E-state index is 12.8. The fourth-order valence-electron chi connectivity index (χ4n) is 3.09. The molecule has 7 heteroatoms. The molecule has 1 saturated heterocycles. The molecule has 24 heavy (non-hydrogen) atoms. The number of aromatic nitrogens is 2. The molecule has 1 atom stereocenters. The second-order valence-corrected chi connectivity index (χ2v) is 6.18. The number of likely N-dealkylation sites (tertiary alicyclic amines) is 1. The molecule has 2 aromatic rings. The number of nitrogen functional groups attached to an aromatic ring is 1. The van der Waals surface area contributed by atoms with Crippen LogP contribution in [0.4, 0.5) is 5.82 Å². The molecule has 3 rings (SSSR count). The van der Waals surface area contributed by atoms with E-state index >= 15 is 0 Å². The van der Waals surface area contributed by atoms with Crippen molar-refractivity contribution in [3.8, 4) is 0 Å². The van der Waals surface area contributed by atoms with Gasteiger partial charge >= 0.3 is 0 Å². The minimum absolute atomic E-state index is 0.00397. The Bertz CT molecular complexity index is 792. The van der Waals surface area contributed by atoms with Gasteiger partial charge in [-0.3, -0.25) is 9.59 Å². The highest BCUT2D eigenvalue weighted by atomic mass is 16.2. The van der Waals surface area contributed by atoms with E-state index < -0.39 is 6.04 Å². The molecule has 1 aliphatic rings. The van der Waals surface area contributed by atoms with Crippen LogP contribution in [0.15, 0.2) is 24.5 Å². The first-order valence-corrected chi connectivity index (χ1v) is 8.01. The summed E-state index contributed by atoms with van der Waals surface area (Å²) in [6.07, 6.45) is 3.96. The number of hydrogen-bond donors (Lipinski definition) is 1. The molecule has 2 amide bonds. The number of anilines is 1. The first kappa shape index (κ1) is 16.2. The first-order valence-electron chi connectivity index (χ1n) is 8.01. The smallest absolute Gasteiger partial charge is 0.254 e. The van der Waals surface area contributed by atoms with Crippen molar-refractivity contribution in [3.63, 3.8) is 0 Å². The SMILES string of the molecule is CN1CCCCC(N(C)C(=O)c2ccc3c(N)ncnc3c2)C1=O. The standard InChI is InChI=1S/C17H21N5O2/c1-21-8-4-3-5-14(17(21)24)22(2)16(23)11-6-7-12-13(9-11)19-10-20-15(12)18/h6-7,9-10,14H,3-5,8H2,1-2H3,(H2,18,19,20). The molecule has 126 valence electrons. The number of rotatable bonds is 2. The van der Waals surface area contributed by atoms with Crippen LogP contribution in [0, 0.1) is 0 Å². The quantitative estimate of drug-likeness (QED) is 0.897. The van der Waals surface area contributed by atoms with Crippen LogP contribution in [-0.4, -0.2) is 58.3 Å². The van der Waals surface area contributed by atoms with Crippen molar-refractivity contribution in [1.29, 1.82) is 0 Å². The van der Waals surface area contributed by atoms with Gasteiger partial charge in [0.25, 0.3) is 5.91 Å². The molecule has 1 fully saturated rings. The molecule has 1 unspecified atom stereocenters. The summed E-state index contributed by atoms with van der Waals surface area (Å²) >= 11 is 0. The fraction of sp³-hybridized carbons (Fsp3) is 0.412. The van der Waals surface area contributed by atoms with Gasteiger partial charge in [0.15, 0.2) is 0 Å². The zero-order valence-corrected chi connectivity index (χ0v) is 13.9. The monoisotopic (exact) mass is 327 g/mol. The largest absolute Gasteiger partial charge is 0.383 e. The van der Waals surface area contributed by atoms with Crippen LogP contribution in [0.2, 0.25) is 0 Å². The van der Waals surface area contributed by atoms with E-state index in [2.05, 4.69) is 9.97 Å². The van der Waals surface area contributed by atoms with Gasteiger partial charge in [0.05, 0.1) is 5.52 Å². The molecule has 0 aliphatic carbocycles. The lowest BCUT2D eigenvalue weighted by Crippen LogP contribution is -2.47. The maximum atomic E-state index is 12.8. The molecule has 0 saturated carbocycles. The summed E-state index contributed by atoms with van der Waals surface area (Å²) in [6.45, 7) is 0.740. The predicted molar refractivity (Wildman–Crippen MR) is 91.3 cm³/mol. The molecule has 1 aromatic heterocycles. The summed E-state index contributed by atoms with van der Waals surface area (Å²) in [6, 6.07) is 4.71. The van der Waals surface area contributed by atoms with Crippen molar-refractivity contribution in [1.82, 2.24) is 19.8 Å². The number of carbonyl (C=O) groups excluding carboxylic acids is 2. The molecule has 1 aliphatic heterocycles. The van der Waals surface area contributed by atoms with Gasteiger partial charge in [0.1, 0.15) is 18.2 Å². The third-order valence-electron chi connectivity index (χ3n) is 4.58. The van der Waals surface area contributed by atoms with Crippen LogP contribution in [0.1, 0.15) is 29.6 Å². The van der Waals surface area contributed by atoms with Crippen LogP contribution < -0.4 is 5.73 Å². The summed E-state index contributed by atoms with van der Waals surface area (Å²) < 4.78 is 0. The fourth-order valence-corrected chi connectivity index (χ4v) is 3.09. The average Bonchev–Trinajstić information content (AvgIpc) is 2.75. The molecule has 0 bridgehead atoms. The van der Waals surface area contributed by atoms with Crippen molar-refractivity contribution in [2.75, 3.05) is 26.4 Å². The Kier molecular flexibility index (Phi) is 4.33. The van der Waals surface area contributed by atoms with Crippen LogP contribution >= 0.6 is 0 Å². The Morgan fingerprint density at radius 2 is 2.12 bits per heavy atom. The van der Waals surface area contributed by atoms with Gasteiger partial charge < -0.3 is 15.5 Å². The molecule has 2 N–H and O–H groups in total. The van der Waals surface area contributed by atoms with Gasteiger partial charge in [-0.25, -0.2) is 9.97 Å². The van der Waals surface area contributed by atoms with Crippen molar-refractivity contribution < 1.29 is 9.59 Å². The molecule has 1 aromatic carbocycles. The van der Waals surface area contributed by atoms with E-state index in [1.807, 2.05) is 0 Å². The topological polar surface area (TPSA) is 92.4 Å². The number of nitrogens with zero attached hydrogens (tertiary/aromatic N) is 4. The zero-order valence-electron chi connectivity index (χ0n) is 13.9. The highest BCUT2D eigenvalue weighted by Crippen LogP contribution is 2.21. The van der Waals surface area contributed by atoms with Crippen molar-refractivity contribution in [2.24, 2.45) is 0 Å². The number of nitrogens with two attached hydrogens (primary N) is 1. The average molecular weight is 327 g/mol. The van der Waals surface area contributed by atoms with Crippen molar-refractivity contribution in [2.45, 2.75) is 25.3 Å². The maximum Gasteiger partial charge on any atom is 0.254 e. The Morgan fingerprint density at radius 3 is 2.92 bits per heavy atom. The lowest BCUT2D eigenvalue weighted by molar-refractivity contribution is -0.133. The molecular weight excluding hydrogens is 306 g/mol. The van der Waals surface area contributed by atoms with Crippen LogP contribution in [0.5, 0.6) is 0 Å². The minimum Gasteiger partial charge on any atom is -0.383 e. The van der Waals surface area contributed by atoms with E-state index in [0.29, 0.717) is 28.7 Å². The van der Waals surface area contributed by atoms with Gasteiger partial charge in [-0.1, -0.05) is 0 Å². The lowest BCUT2D eigenvalue weighted by atomic mass is 10.1. The summed E-state index contributed by atoms with van der Waals surface area (Å²) in [5.74, 6) is 0.186. The molecule has 0 radical (unpaired) electrons. The second kappa shape index (κ2) is 6.43. The number of amides is 2. The third-order valence-corrected chi connectivity index (χ3v) is 4.58. The van der Waals surface area contributed by atoms with Gasteiger partial charge in [-0.15, -0.1) is 0 Å². The van der Waals surface area contributed by atoms with Crippen LogP contribution in [0.3, 0.4) is 0 Å². The Labute approximate surface area is 140 Å². The number of likely N-dealkylation sites (N-methyl/N-ethyl adjacent to an activating group) is 2. The van der Waals surface area contributed by atoms with Crippen molar-refractivity contribution in [3.05, 3.63) is 30.1 Å². The highest BCUT2D eigenvalue weighted by molar-refractivity contribution is 6.01. The Morgan fingerprint density at radius 1 is 1.33 bits per heavy atom. The van der Waals surface area contributed by atoms with Crippen LogP contribution in [0.25, 0.3) is 10.9 Å². The molecule has 7 nitrogen and oxygen atoms in total. The van der Waals surface area contributed by atoms with Gasteiger partial charge in [0.2, 0.25) is 5.91 Å². The molecular formula is C17H21N5O2. The second-order valence-electron chi connectivity index (χ2n) is 6.18. The third kappa shape index (κ3) is 2.89. The number of carbonyl (C=O) groups is 2.